The molecule has 0 atom stereocenters. The molecule has 1 aromatic heterocycles. The number of benzene rings is 2. The molecule has 7 heteroatoms. The van der Waals surface area contributed by atoms with Crippen molar-refractivity contribution >= 4 is 29.0 Å². The summed E-state index contributed by atoms with van der Waals surface area (Å²) in [5.41, 5.74) is 1.64. The van der Waals surface area contributed by atoms with E-state index in [9.17, 15) is 9.59 Å². The van der Waals surface area contributed by atoms with Crippen LogP contribution in [0.1, 0.15) is 12.0 Å². The number of H-pyrrole nitrogens is 1. The molecule has 0 unspecified atom stereocenters. The number of ether oxygens (including phenoxy) is 1. The highest BCUT2D eigenvalue weighted by atomic mass is 32.1. The minimum Gasteiger partial charge on any atom is -0.497 e. The Bertz CT molecular complexity index is 1050. The predicted molar refractivity (Wildman–Crippen MR) is 108 cm³/mol. The minimum atomic E-state index is -0.180. The molecule has 0 saturated heterocycles. The molecule has 1 heterocycles. The van der Waals surface area contributed by atoms with Gasteiger partial charge in [0.05, 0.1) is 18.0 Å². The zero-order chi connectivity index (χ0) is 19.2. The highest BCUT2D eigenvalue weighted by molar-refractivity contribution is 7.71. The van der Waals surface area contributed by atoms with E-state index in [1.54, 1.807) is 19.2 Å². The minimum absolute atomic E-state index is 0.113. The number of carbonyl (C=O) groups excluding carboxylic acids is 1. The third-order valence-electron chi connectivity index (χ3n) is 4.35. The lowest BCUT2D eigenvalue weighted by Gasteiger charge is -2.09. The predicted octanol–water partition coefficient (Wildman–Crippen LogP) is 2.82. The summed E-state index contributed by atoms with van der Waals surface area (Å²) < 4.78 is 6.88. The quantitative estimate of drug-likeness (QED) is 0.615. The van der Waals surface area contributed by atoms with Crippen LogP contribution in [0.2, 0.25) is 0 Å². The van der Waals surface area contributed by atoms with Gasteiger partial charge < -0.3 is 15.0 Å². The van der Waals surface area contributed by atoms with E-state index in [0.717, 1.165) is 17.7 Å². The number of methoxy groups -OCH3 is 1. The first-order valence-electron chi connectivity index (χ1n) is 8.70. The number of nitrogens with zero attached hydrogens (tertiary/aromatic N) is 1. The van der Waals surface area contributed by atoms with Crippen LogP contribution >= 0.6 is 12.2 Å². The smallest absolute Gasteiger partial charge is 0.262 e. The van der Waals surface area contributed by atoms with Crippen LogP contribution in [0.3, 0.4) is 0 Å². The molecule has 0 radical (unpaired) electrons. The Labute approximate surface area is 161 Å². The molecule has 2 N–H and O–H groups in total. The fourth-order valence-corrected chi connectivity index (χ4v) is 3.13. The Morgan fingerprint density at radius 1 is 1.19 bits per heavy atom. The number of hydrogen-bond acceptors (Lipinski definition) is 4. The monoisotopic (exact) mass is 383 g/mol. The Morgan fingerprint density at radius 3 is 2.67 bits per heavy atom. The van der Waals surface area contributed by atoms with Crippen LogP contribution in [0.5, 0.6) is 5.75 Å². The number of hydrogen-bond donors (Lipinski definition) is 2. The van der Waals surface area contributed by atoms with Crippen molar-refractivity contribution in [3.05, 3.63) is 69.2 Å². The van der Waals surface area contributed by atoms with Crippen molar-refractivity contribution in [2.24, 2.45) is 0 Å². The first-order chi connectivity index (χ1) is 13.1. The fourth-order valence-electron chi connectivity index (χ4n) is 2.84. The molecule has 0 spiro atoms. The Morgan fingerprint density at radius 2 is 1.93 bits per heavy atom. The largest absolute Gasteiger partial charge is 0.497 e. The van der Waals surface area contributed by atoms with Crippen molar-refractivity contribution in [1.29, 1.82) is 0 Å². The molecule has 0 fully saturated rings. The SMILES string of the molecule is COc1ccc(CCNC(=O)CCn2c(=S)[nH]c3ccccc3c2=O)cc1. The van der Waals surface area contributed by atoms with Crippen LogP contribution in [0.15, 0.2) is 53.3 Å². The van der Waals surface area contributed by atoms with E-state index in [1.807, 2.05) is 36.4 Å². The standard InChI is InChI=1S/C20H21N3O3S/c1-26-15-8-6-14(7-9-15)10-12-21-18(24)11-13-23-19(25)16-4-2-3-5-17(16)22-20(23)27/h2-9H,10-13H2,1H3,(H,21,24)(H,22,27). The van der Waals surface area contributed by atoms with Gasteiger partial charge >= 0.3 is 0 Å². The van der Waals surface area contributed by atoms with Gasteiger partial charge in [0, 0.05) is 19.5 Å². The summed E-state index contributed by atoms with van der Waals surface area (Å²) >= 11 is 5.26. The molecule has 0 aliphatic rings. The summed E-state index contributed by atoms with van der Waals surface area (Å²) in [4.78, 5) is 27.7. The third-order valence-corrected chi connectivity index (χ3v) is 4.67. The van der Waals surface area contributed by atoms with Crippen molar-refractivity contribution in [1.82, 2.24) is 14.9 Å². The molecule has 6 nitrogen and oxygen atoms in total. The van der Waals surface area contributed by atoms with Crippen molar-refractivity contribution in [2.75, 3.05) is 13.7 Å². The van der Waals surface area contributed by atoms with Gasteiger partial charge in [0.1, 0.15) is 5.75 Å². The number of amides is 1. The molecule has 3 rings (SSSR count). The average Bonchev–Trinajstić information content (AvgIpc) is 2.68. The zero-order valence-corrected chi connectivity index (χ0v) is 15.8. The maximum Gasteiger partial charge on any atom is 0.262 e. The van der Waals surface area contributed by atoms with Crippen LogP contribution in [0.25, 0.3) is 10.9 Å². The number of nitrogens with one attached hydrogen (secondary N) is 2. The first-order valence-corrected chi connectivity index (χ1v) is 9.11. The van der Waals surface area contributed by atoms with Gasteiger partial charge in [0.2, 0.25) is 5.91 Å². The molecule has 140 valence electrons. The number of aromatic amines is 1. The van der Waals surface area contributed by atoms with E-state index >= 15 is 0 Å². The molecule has 0 saturated carbocycles. The average molecular weight is 383 g/mol. The first kappa shape index (κ1) is 18.8. The van der Waals surface area contributed by atoms with Gasteiger partial charge in [-0.2, -0.15) is 0 Å². The van der Waals surface area contributed by atoms with Crippen molar-refractivity contribution in [3.8, 4) is 5.75 Å². The van der Waals surface area contributed by atoms with Crippen LogP contribution < -0.4 is 15.6 Å². The van der Waals surface area contributed by atoms with Crippen LogP contribution in [-0.2, 0) is 17.8 Å². The second-order valence-electron chi connectivity index (χ2n) is 6.13. The van der Waals surface area contributed by atoms with Crippen molar-refractivity contribution in [3.63, 3.8) is 0 Å². The van der Waals surface area contributed by atoms with Gasteiger partial charge in [-0.05, 0) is 48.5 Å². The van der Waals surface area contributed by atoms with Gasteiger partial charge in [-0.3, -0.25) is 14.2 Å². The summed E-state index contributed by atoms with van der Waals surface area (Å²) in [5.74, 6) is 0.693. The normalized spacial score (nSPS) is 10.7. The molecule has 0 bridgehead atoms. The third kappa shape index (κ3) is 4.62. The number of para-hydroxylation sites is 1. The molecular formula is C20H21N3O3S. The lowest BCUT2D eigenvalue weighted by Crippen LogP contribution is -2.29. The van der Waals surface area contributed by atoms with Crippen molar-refractivity contribution in [2.45, 2.75) is 19.4 Å². The summed E-state index contributed by atoms with van der Waals surface area (Å²) in [7, 11) is 1.63. The van der Waals surface area contributed by atoms with Gasteiger partial charge in [-0.25, -0.2) is 0 Å². The fraction of sp³-hybridized carbons (Fsp3) is 0.250. The molecule has 1 amide bonds. The van der Waals surface area contributed by atoms with E-state index < -0.39 is 0 Å². The Balaban J connectivity index is 1.55. The summed E-state index contributed by atoms with van der Waals surface area (Å²) in [6, 6.07) is 14.9. The number of aromatic nitrogens is 2. The van der Waals surface area contributed by atoms with Crippen molar-refractivity contribution < 1.29 is 9.53 Å². The van der Waals surface area contributed by atoms with Gasteiger partial charge in [-0.1, -0.05) is 24.3 Å². The molecule has 0 aliphatic heterocycles. The van der Waals surface area contributed by atoms with E-state index in [-0.39, 0.29) is 24.4 Å². The lowest BCUT2D eigenvalue weighted by molar-refractivity contribution is -0.121. The van der Waals surface area contributed by atoms with E-state index in [2.05, 4.69) is 10.3 Å². The maximum absolute atomic E-state index is 12.5. The van der Waals surface area contributed by atoms with Gasteiger partial charge in [0.15, 0.2) is 4.77 Å². The van der Waals surface area contributed by atoms with E-state index in [1.165, 1.54) is 4.57 Å². The Hall–Kier alpha value is -2.93. The summed E-state index contributed by atoms with van der Waals surface area (Å²) in [6.45, 7) is 0.776. The number of fused-ring (bicyclic) bond motifs is 1. The molecule has 27 heavy (non-hydrogen) atoms. The van der Waals surface area contributed by atoms with Crippen LogP contribution in [-0.4, -0.2) is 29.1 Å². The van der Waals surface area contributed by atoms with Gasteiger partial charge in [0.25, 0.3) is 5.56 Å². The molecule has 2 aromatic carbocycles. The second kappa shape index (κ2) is 8.64. The molecular weight excluding hydrogens is 362 g/mol. The number of rotatable bonds is 7. The summed E-state index contributed by atoms with van der Waals surface area (Å²) in [6.07, 6.45) is 0.921. The van der Waals surface area contributed by atoms with Crippen LogP contribution in [0, 0.1) is 4.77 Å². The lowest BCUT2D eigenvalue weighted by atomic mass is 10.1. The zero-order valence-electron chi connectivity index (χ0n) is 15.0. The summed E-state index contributed by atoms with van der Waals surface area (Å²) in [5, 5.41) is 3.44. The van der Waals surface area contributed by atoms with E-state index in [4.69, 9.17) is 17.0 Å². The van der Waals surface area contributed by atoms with Gasteiger partial charge in [-0.15, -0.1) is 0 Å². The van der Waals surface area contributed by atoms with E-state index in [0.29, 0.717) is 22.2 Å². The molecule has 3 aromatic rings. The highest BCUT2D eigenvalue weighted by Gasteiger charge is 2.07. The second-order valence-corrected chi connectivity index (χ2v) is 6.52. The Kier molecular flexibility index (Phi) is 6.03. The molecule has 0 aliphatic carbocycles. The van der Waals surface area contributed by atoms with Crippen LogP contribution in [0.4, 0.5) is 0 Å². The number of carbonyl (C=O) groups is 1. The highest BCUT2D eigenvalue weighted by Crippen LogP contribution is 2.11. The topological polar surface area (TPSA) is 76.1 Å². The maximum atomic E-state index is 12.5.